The highest BCUT2D eigenvalue weighted by Crippen LogP contribution is 2.23. The molecule has 3 N–H and O–H groups in total. The van der Waals surface area contributed by atoms with Crippen LogP contribution in [0.25, 0.3) is 0 Å². The van der Waals surface area contributed by atoms with Crippen LogP contribution in [0, 0.1) is 6.92 Å². The van der Waals surface area contributed by atoms with Crippen LogP contribution in [-0.2, 0) is 9.47 Å². The summed E-state index contributed by atoms with van der Waals surface area (Å²) >= 11 is 1.31. The fourth-order valence-corrected chi connectivity index (χ4v) is 1.86. The van der Waals surface area contributed by atoms with Crippen LogP contribution < -0.4 is 5.73 Å². The molecule has 1 aromatic heterocycles. The van der Waals surface area contributed by atoms with Crippen molar-refractivity contribution in [1.29, 1.82) is 0 Å². The van der Waals surface area contributed by atoms with E-state index in [2.05, 4.69) is 0 Å². The quantitative estimate of drug-likeness (QED) is 0.572. The van der Waals surface area contributed by atoms with Gasteiger partial charge in [0.2, 0.25) is 0 Å². The van der Waals surface area contributed by atoms with E-state index in [4.69, 9.17) is 20.3 Å². The third kappa shape index (κ3) is 3.80. The molecule has 0 aliphatic rings. The zero-order chi connectivity index (χ0) is 12.0. The average molecular weight is 245 g/mol. The molecule has 90 valence electrons. The van der Waals surface area contributed by atoms with Gasteiger partial charge in [0.25, 0.3) is 0 Å². The molecule has 0 aromatic carbocycles. The summed E-state index contributed by atoms with van der Waals surface area (Å²) in [4.78, 5) is 12.9. The number of anilines is 1. The Bertz CT molecular complexity index is 331. The van der Waals surface area contributed by atoms with Crippen LogP contribution in [0.5, 0.6) is 0 Å². The van der Waals surface area contributed by atoms with Crippen LogP contribution in [0.4, 0.5) is 5.69 Å². The summed E-state index contributed by atoms with van der Waals surface area (Å²) in [5.41, 5.74) is 6.23. The van der Waals surface area contributed by atoms with Crippen LogP contribution in [0.2, 0.25) is 0 Å². The van der Waals surface area contributed by atoms with Crippen molar-refractivity contribution >= 4 is 23.0 Å². The van der Waals surface area contributed by atoms with Crippen LogP contribution in [0.3, 0.4) is 0 Å². The first-order chi connectivity index (χ1) is 7.65. The van der Waals surface area contributed by atoms with E-state index in [0.29, 0.717) is 10.6 Å². The van der Waals surface area contributed by atoms with Gasteiger partial charge in [0.05, 0.1) is 19.8 Å². The number of aliphatic hydroxyl groups excluding tert-OH is 1. The van der Waals surface area contributed by atoms with E-state index in [9.17, 15) is 4.79 Å². The molecular weight excluding hydrogens is 230 g/mol. The second-order valence-electron chi connectivity index (χ2n) is 3.09. The maximum absolute atomic E-state index is 11.5. The molecule has 16 heavy (non-hydrogen) atoms. The van der Waals surface area contributed by atoms with Crippen LogP contribution in [0.1, 0.15) is 14.5 Å². The largest absolute Gasteiger partial charge is 0.459 e. The van der Waals surface area contributed by atoms with Gasteiger partial charge in [0, 0.05) is 10.6 Å². The minimum absolute atomic E-state index is 0.0331. The first-order valence-corrected chi connectivity index (χ1v) is 5.68. The minimum Gasteiger partial charge on any atom is -0.459 e. The Hall–Kier alpha value is -1.11. The lowest BCUT2D eigenvalue weighted by atomic mass is 10.4. The van der Waals surface area contributed by atoms with Gasteiger partial charge in [0.1, 0.15) is 11.5 Å². The number of carbonyl (C=O) groups is 1. The first kappa shape index (κ1) is 13.0. The van der Waals surface area contributed by atoms with Gasteiger partial charge in [-0.05, 0) is 13.0 Å². The highest BCUT2D eigenvalue weighted by molar-refractivity contribution is 7.14. The molecule has 0 amide bonds. The van der Waals surface area contributed by atoms with Crippen molar-refractivity contribution in [3.63, 3.8) is 0 Å². The number of rotatable bonds is 6. The van der Waals surface area contributed by atoms with E-state index in [-0.39, 0.29) is 26.4 Å². The van der Waals surface area contributed by atoms with Crippen LogP contribution >= 0.6 is 11.3 Å². The number of nitrogen functional groups attached to an aromatic ring is 1. The predicted octanol–water partition coefficient (Wildman–Crippen LogP) is 0.804. The predicted molar refractivity (Wildman–Crippen MR) is 61.7 cm³/mol. The Labute approximate surface area is 97.8 Å². The van der Waals surface area contributed by atoms with E-state index in [0.717, 1.165) is 4.88 Å². The van der Waals surface area contributed by atoms with E-state index in [1.807, 2.05) is 6.92 Å². The molecule has 1 rings (SSSR count). The lowest BCUT2D eigenvalue weighted by Gasteiger charge is -2.03. The van der Waals surface area contributed by atoms with Crippen molar-refractivity contribution in [1.82, 2.24) is 0 Å². The molecule has 0 saturated heterocycles. The standard InChI is InChI=1S/C10H15NO4S/c1-7-8(11)6-9(16-7)10(13)15-5-4-14-3-2-12/h6,12H,2-5,11H2,1H3. The second-order valence-corrected chi connectivity index (χ2v) is 4.35. The number of aliphatic hydroxyl groups is 1. The number of esters is 1. The fourth-order valence-electron chi connectivity index (χ4n) is 1.03. The smallest absolute Gasteiger partial charge is 0.348 e. The molecule has 0 unspecified atom stereocenters. The van der Waals surface area contributed by atoms with E-state index >= 15 is 0 Å². The van der Waals surface area contributed by atoms with Gasteiger partial charge >= 0.3 is 5.97 Å². The molecule has 5 nitrogen and oxygen atoms in total. The zero-order valence-electron chi connectivity index (χ0n) is 9.06. The minimum atomic E-state index is -0.391. The molecule has 0 fully saturated rings. The molecule has 6 heteroatoms. The summed E-state index contributed by atoms with van der Waals surface area (Å²) in [7, 11) is 0. The topological polar surface area (TPSA) is 81.8 Å². The average Bonchev–Trinajstić information content (AvgIpc) is 2.59. The van der Waals surface area contributed by atoms with Gasteiger partial charge in [-0.25, -0.2) is 4.79 Å². The summed E-state index contributed by atoms with van der Waals surface area (Å²) < 4.78 is 9.90. The SMILES string of the molecule is Cc1sc(C(=O)OCCOCCO)cc1N. The lowest BCUT2D eigenvalue weighted by Crippen LogP contribution is -2.11. The molecule has 1 heterocycles. The van der Waals surface area contributed by atoms with Crippen molar-refractivity contribution in [2.45, 2.75) is 6.92 Å². The highest BCUT2D eigenvalue weighted by atomic mass is 32.1. The van der Waals surface area contributed by atoms with Gasteiger partial charge in [0.15, 0.2) is 0 Å². The lowest BCUT2D eigenvalue weighted by molar-refractivity contribution is 0.0262. The molecule has 0 aliphatic carbocycles. The van der Waals surface area contributed by atoms with Gasteiger partial charge < -0.3 is 20.3 Å². The summed E-state index contributed by atoms with van der Waals surface area (Å²) in [5, 5.41) is 8.44. The highest BCUT2D eigenvalue weighted by Gasteiger charge is 2.11. The van der Waals surface area contributed by atoms with E-state index in [1.165, 1.54) is 11.3 Å². The normalized spacial score (nSPS) is 10.4. The Morgan fingerprint density at radius 1 is 1.50 bits per heavy atom. The Morgan fingerprint density at radius 2 is 2.25 bits per heavy atom. The van der Waals surface area contributed by atoms with Crippen LogP contribution in [0.15, 0.2) is 6.07 Å². The molecule has 0 atom stereocenters. The Morgan fingerprint density at radius 3 is 2.81 bits per heavy atom. The summed E-state index contributed by atoms with van der Waals surface area (Å²) in [6, 6.07) is 1.61. The molecule has 0 aliphatic heterocycles. The first-order valence-electron chi connectivity index (χ1n) is 4.86. The molecule has 0 bridgehead atoms. The Balaban J connectivity index is 2.30. The van der Waals surface area contributed by atoms with Crippen molar-refractivity contribution in [2.24, 2.45) is 0 Å². The second kappa shape index (κ2) is 6.47. The van der Waals surface area contributed by atoms with Crippen molar-refractivity contribution in [2.75, 3.05) is 32.2 Å². The van der Waals surface area contributed by atoms with Crippen LogP contribution in [-0.4, -0.2) is 37.5 Å². The van der Waals surface area contributed by atoms with Gasteiger partial charge in [-0.15, -0.1) is 11.3 Å². The van der Waals surface area contributed by atoms with E-state index < -0.39 is 5.97 Å². The number of aryl methyl sites for hydroxylation is 1. The third-order valence-corrected chi connectivity index (χ3v) is 2.90. The van der Waals surface area contributed by atoms with Gasteiger partial charge in [-0.3, -0.25) is 0 Å². The van der Waals surface area contributed by atoms with Gasteiger partial charge in [-0.1, -0.05) is 0 Å². The maximum Gasteiger partial charge on any atom is 0.348 e. The molecule has 0 radical (unpaired) electrons. The molecule has 0 spiro atoms. The number of carbonyl (C=O) groups excluding carboxylic acids is 1. The third-order valence-electron chi connectivity index (χ3n) is 1.85. The molecule has 0 saturated carbocycles. The number of thiophene rings is 1. The van der Waals surface area contributed by atoms with Gasteiger partial charge in [-0.2, -0.15) is 0 Å². The van der Waals surface area contributed by atoms with Crippen molar-refractivity contribution < 1.29 is 19.4 Å². The van der Waals surface area contributed by atoms with E-state index in [1.54, 1.807) is 6.07 Å². The summed E-state index contributed by atoms with van der Waals surface area (Å²) in [6.45, 7) is 2.53. The summed E-state index contributed by atoms with van der Waals surface area (Å²) in [6.07, 6.45) is 0. The monoisotopic (exact) mass is 245 g/mol. The fraction of sp³-hybridized carbons (Fsp3) is 0.500. The number of nitrogens with two attached hydrogens (primary N) is 1. The molecular formula is C10H15NO4S. The number of ether oxygens (including phenoxy) is 2. The van der Waals surface area contributed by atoms with Crippen molar-refractivity contribution in [3.8, 4) is 0 Å². The molecule has 1 aromatic rings. The Kier molecular flexibility index (Phi) is 5.24. The zero-order valence-corrected chi connectivity index (χ0v) is 9.88. The summed E-state index contributed by atoms with van der Waals surface area (Å²) in [5.74, 6) is -0.391. The number of hydrogen-bond acceptors (Lipinski definition) is 6. The maximum atomic E-state index is 11.5. The number of hydrogen-bond donors (Lipinski definition) is 2. The van der Waals surface area contributed by atoms with Crippen molar-refractivity contribution in [3.05, 3.63) is 15.8 Å².